The molecule has 1 aliphatic heterocycles. The van der Waals surface area contributed by atoms with Crippen molar-refractivity contribution in [3.05, 3.63) is 34.2 Å². The molecule has 3 rings (SSSR count). The Labute approximate surface area is 146 Å². The summed E-state index contributed by atoms with van der Waals surface area (Å²) in [5.74, 6) is 1.43. The molecule has 25 heavy (non-hydrogen) atoms. The lowest BCUT2D eigenvalue weighted by Crippen LogP contribution is -2.39. The van der Waals surface area contributed by atoms with Crippen LogP contribution in [0.4, 0.5) is 0 Å². The number of hydrogen-bond acceptors (Lipinski definition) is 4. The third kappa shape index (κ3) is 3.08. The van der Waals surface area contributed by atoms with Crippen LogP contribution in [-0.2, 0) is 7.05 Å². The van der Waals surface area contributed by atoms with Crippen molar-refractivity contribution in [1.29, 1.82) is 0 Å². The van der Waals surface area contributed by atoms with E-state index < -0.39 is 0 Å². The van der Waals surface area contributed by atoms with E-state index in [0.717, 1.165) is 25.9 Å². The highest BCUT2D eigenvalue weighted by atomic mass is 16.5. The number of carbonyl (C=O) groups is 1. The number of ether oxygens (including phenoxy) is 2. The number of piperidine rings is 1. The van der Waals surface area contributed by atoms with E-state index in [1.165, 1.54) is 11.7 Å². The minimum Gasteiger partial charge on any atom is -0.493 e. The molecule has 134 valence electrons. The lowest BCUT2D eigenvalue weighted by Gasteiger charge is -2.31. The Morgan fingerprint density at radius 2 is 1.80 bits per heavy atom. The summed E-state index contributed by atoms with van der Waals surface area (Å²) in [7, 11) is 4.73. The second kappa shape index (κ2) is 6.78. The van der Waals surface area contributed by atoms with Gasteiger partial charge in [-0.25, -0.2) is 0 Å². The van der Waals surface area contributed by atoms with Crippen molar-refractivity contribution in [2.45, 2.75) is 19.8 Å². The largest absolute Gasteiger partial charge is 0.493 e. The number of benzene rings is 1. The fourth-order valence-electron chi connectivity index (χ4n) is 3.51. The highest BCUT2D eigenvalue weighted by Gasteiger charge is 2.25. The monoisotopic (exact) mass is 344 g/mol. The molecule has 1 unspecified atom stereocenters. The number of hydrogen-bond donors (Lipinski definition) is 0. The Kier molecular flexibility index (Phi) is 4.70. The Morgan fingerprint density at radius 3 is 2.40 bits per heavy atom. The van der Waals surface area contributed by atoms with Crippen LogP contribution in [0.15, 0.2) is 23.1 Å². The van der Waals surface area contributed by atoms with Gasteiger partial charge >= 0.3 is 0 Å². The zero-order valence-corrected chi connectivity index (χ0v) is 15.2. The molecule has 0 N–H and O–H groups in total. The number of aryl methyl sites for hydroxylation is 1. The molecule has 1 aromatic carbocycles. The first-order valence-electron chi connectivity index (χ1n) is 8.51. The maximum Gasteiger partial charge on any atom is 0.258 e. The highest BCUT2D eigenvalue weighted by molar-refractivity contribution is 6.07. The van der Waals surface area contributed by atoms with Gasteiger partial charge in [0.2, 0.25) is 0 Å². The van der Waals surface area contributed by atoms with Gasteiger partial charge in [-0.05, 0) is 30.9 Å². The number of carbonyl (C=O) groups excluding carboxylic acids is 1. The summed E-state index contributed by atoms with van der Waals surface area (Å²) in [4.78, 5) is 27.5. The third-order valence-corrected chi connectivity index (χ3v) is 4.86. The molecule has 0 bridgehead atoms. The molecule has 1 amide bonds. The Balaban J connectivity index is 2.18. The molecule has 2 aromatic rings. The number of rotatable bonds is 3. The van der Waals surface area contributed by atoms with Crippen molar-refractivity contribution in [3.63, 3.8) is 0 Å². The topological polar surface area (TPSA) is 60.8 Å². The van der Waals surface area contributed by atoms with Gasteiger partial charge < -0.3 is 18.9 Å². The predicted octanol–water partition coefficient (Wildman–Crippen LogP) is 2.43. The highest BCUT2D eigenvalue weighted by Crippen LogP contribution is 2.33. The molecule has 1 saturated heterocycles. The molecule has 0 spiro atoms. The number of methoxy groups -OCH3 is 2. The fraction of sp³-hybridized carbons (Fsp3) is 0.474. The lowest BCUT2D eigenvalue weighted by atomic mass is 9.98. The Bertz CT molecular complexity index is 872. The molecule has 2 heterocycles. The summed E-state index contributed by atoms with van der Waals surface area (Å²) in [6.45, 7) is 3.66. The van der Waals surface area contributed by atoms with Crippen molar-refractivity contribution < 1.29 is 14.3 Å². The zero-order valence-electron chi connectivity index (χ0n) is 15.2. The van der Waals surface area contributed by atoms with Crippen LogP contribution in [0.2, 0.25) is 0 Å². The van der Waals surface area contributed by atoms with E-state index in [2.05, 4.69) is 6.92 Å². The molecule has 6 nitrogen and oxygen atoms in total. The number of likely N-dealkylation sites (tertiary alicyclic amines) is 1. The molecule has 0 radical (unpaired) electrons. The Morgan fingerprint density at radius 1 is 1.16 bits per heavy atom. The van der Waals surface area contributed by atoms with Crippen LogP contribution >= 0.6 is 0 Å². The van der Waals surface area contributed by atoms with Crippen LogP contribution in [-0.4, -0.2) is 42.7 Å². The minimum absolute atomic E-state index is 0.0423. The van der Waals surface area contributed by atoms with Crippen molar-refractivity contribution in [2.24, 2.45) is 13.0 Å². The summed E-state index contributed by atoms with van der Waals surface area (Å²) in [6, 6.07) is 3.36. The van der Waals surface area contributed by atoms with Crippen LogP contribution in [0.1, 0.15) is 30.1 Å². The summed E-state index contributed by atoms with van der Waals surface area (Å²) in [6.07, 6.45) is 3.77. The molecule has 1 aliphatic rings. The predicted molar refractivity (Wildman–Crippen MR) is 96.6 cm³/mol. The standard InChI is InChI=1S/C19H24N2O4/c1-12-6-5-7-21(10-12)19(23)15-11-20(2)18(22)14-9-17(25-4)16(24-3)8-13(14)15/h8-9,11-12H,5-7,10H2,1-4H3. The molecule has 6 heteroatoms. The van der Waals surface area contributed by atoms with E-state index in [-0.39, 0.29) is 11.5 Å². The van der Waals surface area contributed by atoms with Crippen LogP contribution in [0.3, 0.4) is 0 Å². The second-order valence-electron chi connectivity index (χ2n) is 6.71. The van der Waals surface area contributed by atoms with Gasteiger partial charge in [0, 0.05) is 31.7 Å². The van der Waals surface area contributed by atoms with E-state index in [1.807, 2.05) is 4.90 Å². The number of aromatic nitrogens is 1. The van der Waals surface area contributed by atoms with E-state index in [4.69, 9.17) is 9.47 Å². The van der Waals surface area contributed by atoms with Gasteiger partial charge in [0.15, 0.2) is 11.5 Å². The maximum atomic E-state index is 13.1. The number of amides is 1. The van der Waals surface area contributed by atoms with Crippen molar-refractivity contribution >= 4 is 16.7 Å². The summed E-state index contributed by atoms with van der Waals surface area (Å²) in [5.41, 5.74) is 0.353. The minimum atomic E-state index is -0.167. The molecule has 1 aromatic heterocycles. The second-order valence-corrected chi connectivity index (χ2v) is 6.71. The van der Waals surface area contributed by atoms with Gasteiger partial charge in [-0.15, -0.1) is 0 Å². The molecular formula is C19H24N2O4. The Hall–Kier alpha value is -2.50. The van der Waals surface area contributed by atoms with Crippen molar-refractivity contribution in [3.8, 4) is 11.5 Å². The van der Waals surface area contributed by atoms with Crippen LogP contribution < -0.4 is 15.0 Å². The van der Waals surface area contributed by atoms with Crippen LogP contribution in [0, 0.1) is 5.92 Å². The van der Waals surface area contributed by atoms with Crippen LogP contribution in [0.25, 0.3) is 10.8 Å². The number of fused-ring (bicyclic) bond motifs is 1. The SMILES string of the molecule is COc1cc2c(C(=O)N3CCCC(C)C3)cn(C)c(=O)c2cc1OC. The van der Waals surface area contributed by atoms with Gasteiger partial charge in [-0.3, -0.25) is 9.59 Å². The van der Waals surface area contributed by atoms with Gasteiger partial charge in [-0.2, -0.15) is 0 Å². The fourth-order valence-corrected chi connectivity index (χ4v) is 3.51. The molecule has 1 fully saturated rings. The first-order chi connectivity index (χ1) is 12.0. The summed E-state index contributed by atoms with van der Waals surface area (Å²) in [5, 5.41) is 1.06. The van der Waals surface area contributed by atoms with Crippen LogP contribution in [0.5, 0.6) is 11.5 Å². The molecular weight excluding hydrogens is 320 g/mol. The first-order valence-corrected chi connectivity index (χ1v) is 8.51. The van der Waals surface area contributed by atoms with Crippen molar-refractivity contribution in [2.75, 3.05) is 27.3 Å². The van der Waals surface area contributed by atoms with Crippen molar-refractivity contribution in [1.82, 2.24) is 9.47 Å². The van der Waals surface area contributed by atoms with E-state index in [0.29, 0.717) is 33.8 Å². The molecule has 0 saturated carbocycles. The van der Waals surface area contributed by atoms with E-state index >= 15 is 0 Å². The number of nitrogens with zero attached hydrogens (tertiary/aromatic N) is 2. The van der Waals surface area contributed by atoms with Gasteiger partial charge in [0.1, 0.15) is 0 Å². The average molecular weight is 344 g/mol. The maximum absolute atomic E-state index is 13.1. The first kappa shape index (κ1) is 17.3. The smallest absolute Gasteiger partial charge is 0.258 e. The summed E-state index contributed by atoms with van der Waals surface area (Å²) < 4.78 is 12.1. The van der Waals surface area contributed by atoms with Gasteiger partial charge in [-0.1, -0.05) is 6.92 Å². The normalized spacial score (nSPS) is 17.6. The average Bonchev–Trinajstić information content (AvgIpc) is 2.63. The molecule has 1 atom stereocenters. The van der Waals surface area contributed by atoms with Gasteiger partial charge in [0.25, 0.3) is 11.5 Å². The third-order valence-electron chi connectivity index (χ3n) is 4.86. The summed E-state index contributed by atoms with van der Waals surface area (Å²) >= 11 is 0. The lowest BCUT2D eigenvalue weighted by molar-refractivity contribution is 0.0684. The quantitative estimate of drug-likeness (QED) is 0.858. The zero-order chi connectivity index (χ0) is 18.1. The molecule has 0 aliphatic carbocycles. The number of pyridine rings is 1. The van der Waals surface area contributed by atoms with E-state index in [1.54, 1.807) is 32.5 Å². The van der Waals surface area contributed by atoms with Gasteiger partial charge in [0.05, 0.1) is 25.2 Å². The van der Waals surface area contributed by atoms with E-state index in [9.17, 15) is 9.59 Å².